The maximum Gasteiger partial charge on any atom is 0.326 e. The molecule has 20 heavy (non-hydrogen) atoms. The first-order chi connectivity index (χ1) is 9.40. The molecule has 1 unspecified atom stereocenters. The van der Waals surface area contributed by atoms with Crippen molar-refractivity contribution in [3.05, 3.63) is 29.8 Å². The fourth-order valence-corrected chi connectivity index (χ4v) is 2.15. The monoisotopic (exact) mass is 276 g/mol. The Morgan fingerprint density at radius 1 is 1.15 bits per heavy atom. The van der Waals surface area contributed by atoms with Gasteiger partial charge in [0.2, 0.25) is 11.8 Å². The second-order valence-corrected chi connectivity index (χ2v) is 4.86. The lowest BCUT2D eigenvalue weighted by atomic mass is 10.1. The van der Waals surface area contributed by atoms with Crippen LogP contribution in [0.15, 0.2) is 24.3 Å². The molecule has 0 aliphatic carbocycles. The minimum absolute atomic E-state index is 0.00637. The van der Waals surface area contributed by atoms with E-state index in [9.17, 15) is 14.4 Å². The summed E-state index contributed by atoms with van der Waals surface area (Å²) in [5.74, 6) is -2.16. The highest BCUT2D eigenvalue weighted by Gasteiger charge is 2.37. The lowest BCUT2D eigenvalue weighted by Crippen LogP contribution is -2.58. The Labute approximate surface area is 116 Å². The molecule has 1 N–H and O–H groups in total. The number of rotatable bonds is 3. The molecule has 0 aromatic heterocycles. The number of piperazine rings is 1. The quantitative estimate of drug-likeness (QED) is 0.820. The van der Waals surface area contributed by atoms with E-state index in [2.05, 4.69) is 0 Å². The molecule has 1 atom stereocenters. The topological polar surface area (TPSA) is 77.9 Å². The van der Waals surface area contributed by atoms with E-state index in [-0.39, 0.29) is 13.1 Å². The number of carbonyl (C=O) groups is 3. The summed E-state index contributed by atoms with van der Waals surface area (Å²) < 4.78 is 0. The first-order valence-electron chi connectivity index (χ1n) is 6.29. The van der Waals surface area contributed by atoms with Crippen LogP contribution in [-0.2, 0) is 14.4 Å². The Morgan fingerprint density at radius 2 is 1.65 bits per heavy atom. The van der Waals surface area contributed by atoms with Crippen LogP contribution in [0.5, 0.6) is 0 Å². The normalized spacial score (nSPS) is 17.3. The summed E-state index contributed by atoms with van der Waals surface area (Å²) in [6.07, 6.45) is 0. The first kappa shape index (κ1) is 14.0. The van der Waals surface area contributed by atoms with Crippen LogP contribution in [0.25, 0.3) is 0 Å². The van der Waals surface area contributed by atoms with Gasteiger partial charge in [-0.1, -0.05) is 17.7 Å². The van der Waals surface area contributed by atoms with Crippen LogP contribution in [0.1, 0.15) is 12.5 Å². The van der Waals surface area contributed by atoms with Crippen molar-refractivity contribution in [2.24, 2.45) is 0 Å². The Balaban J connectivity index is 2.17. The summed E-state index contributed by atoms with van der Waals surface area (Å²) in [6, 6.07) is 6.35. The van der Waals surface area contributed by atoms with Crippen molar-refractivity contribution in [1.82, 2.24) is 4.90 Å². The zero-order valence-corrected chi connectivity index (χ0v) is 11.4. The van der Waals surface area contributed by atoms with E-state index in [0.717, 1.165) is 16.2 Å². The fourth-order valence-electron chi connectivity index (χ4n) is 2.15. The fraction of sp³-hybridized carbons (Fsp3) is 0.357. The molecule has 0 saturated carbocycles. The van der Waals surface area contributed by atoms with Gasteiger partial charge in [0, 0.05) is 5.69 Å². The lowest BCUT2D eigenvalue weighted by molar-refractivity contribution is -0.157. The molecule has 1 aromatic rings. The number of amides is 2. The summed E-state index contributed by atoms with van der Waals surface area (Å²) in [5, 5.41) is 8.92. The number of benzene rings is 1. The molecule has 1 aromatic carbocycles. The van der Waals surface area contributed by atoms with E-state index in [1.54, 1.807) is 4.90 Å². The van der Waals surface area contributed by atoms with Gasteiger partial charge in [0.15, 0.2) is 0 Å². The largest absolute Gasteiger partial charge is 0.480 e. The van der Waals surface area contributed by atoms with Crippen LogP contribution in [-0.4, -0.2) is 46.9 Å². The molecule has 1 aliphatic rings. The number of nitrogens with zero attached hydrogens (tertiary/aromatic N) is 2. The van der Waals surface area contributed by atoms with Crippen molar-refractivity contribution in [3.63, 3.8) is 0 Å². The molecule has 2 rings (SSSR count). The smallest absolute Gasteiger partial charge is 0.326 e. The number of carbonyl (C=O) groups excluding carboxylic acids is 2. The summed E-state index contributed by atoms with van der Waals surface area (Å²) in [7, 11) is 0. The zero-order valence-electron chi connectivity index (χ0n) is 11.4. The standard InChI is InChI=1S/C14H16N2O4/c1-9-3-5-11(6-4-9)15-7-12(17)16(13(18)8-15)10(2)14(19)20/h3-6,10H,7-8H2,1-2H3,(H,19,20). The molecule has 1 fully saturated rings. The van der Waals surface area contributed by atoms with Gasteiger partial charge in [-0.3, -0.25) is 14.5 Å². The SMILES string of the molecule is Cc1ccc(N2CC(=O)N(C(C)C(=O)O)C(=O)C2)cc1. The molecule has 0 radical (unpaired) electrons. The van der Waals surface area contributed by atoms with Crippen LogP contribution in [0.3, 0.4) is 0 Å². The number of carboxylic acid groups (broad SMARTS) is 1. The zero-order chi connectivity index (χ0) is 14.9. The van der Waals surface area contributed by atoms with Crippen LogP contribution in [0.4, 0.5) is 5.69 Å². The van der Waals surface area contributed by atoms with Crippen molar-refractivity contribution in [3.8, 4) is 0 Å². The summed E-state index contributed by atoms with van der Waals surface area (Å²) in [5.41, 5.74) is 1.87. The number of imide groups is 1. The number of anilines is 1. The Bertz CT molecular complexity index is 535. The van der Waals surface area contributed by atoms with Crippen LogP contribution in [0, 0.1) is 6.92 Å². The summed E-state index contributed by atoms with van der Waals surface area (Å²) in [6.45, 7) is 3.30. The average molecular weight is 276 g/mol. The van der Waals surface area contributed by atoms with E-state index in [4.69, 9.17) is 5.11 Å². The highest BCUT2D eigenvalue weighted by molar-refractivity contribution is 6.05. The third-order valence-corrected chi connectivity index (χ3v) is 3.33. The number of carboxylic acids is 1. The van der Waals surface area contributed by atoms with Gasteiger partial charge in [-0.2, -0.15) is 0 Å². The Morgan fingerprint density at radius 3 is 2.10 bits per heavy atom. The highest BCUT2D eigenvalue weighted by Crippen LogP contribution is 2.19. The van der Waals surface area contributed by atoms with Crippen LogP contribution in [0.2, 0.25) is 0 Å². The Hall–Kier alpha value is -2.37. The third kappa shape index (κ3) is 2.64. The molecule has 0 bridgehead atoms. The Kier molecular flexibility index (Phi) is 3.74. The van der Waals surface area contributed by atoms with Crippen molar-refractivity contribution < 1.29 is 19.5 Å². The molecular weight excluding hydrogens is 260 g/mol. The van der Waals surface area contributed by atoms with Crippen LogP contribution < -0.4 is 4.90 Å². The first-order valence-corrected chi connectivity index (χ1v) is 6.29. The second-order valence-electron chi connectivity index (χ2n) is 4.86. The van der Waals surface area contributed by atoms with Crippen molar-refractivity contribution in [1.29, 1.82) is 0 Å². The predicted molar refractivity (Wildman–Crippen MR) is 72.3 cm³/mol. The second kappa shape index (κ2) is 5.32. The van der Waals surface area contributed by atoms with Gasteiger partial charge in [0.1, 0.15) is 6.04 Å². The van der Waals surface area contributed by atoms with Gasteiger partial charge in [0.05, 0.1) is 13.1 Å². The lowest BCUT2D eigenvalue weighted by Gasteiger charge is -2.35. The number of hydrogen-bond donors (Lipinski definition) is 1. The molecule has 1 saturated heterocycles. The van der Waals surface area contributed by atoms with Gasteiger partial charge < -0.3 is 10.0 Å². The maximum atomic E-state index is 12.0. The molecular formula is C14H16N2O4. The minimum atomic E-state index is -1.18. The minimum Gasteiger partial charge on any atom is -0.480 e. The van der Waals surface area contributed by atoms with Gasteiger partial charge in [-0.05, 0) is 26.0 Å². The van der Waals surface area contributed by atoms with E-state index in [1.807, 2.05) is 31.2 Å². The van der Waals surface area contributed by atoms with Gasteiger partial charge in [-0.15, -0.1) is 0 Å². The number of aliphatic carboxylic acids is 1. The maximum absolute atomic E-state index is 12.0. The van der Waals surface area contributed by atoms with Crippen molar-refractivity contribution in [2.75, 3.05) is 18.0 Å². The molecule has 2 amide bonds. The molecule has 106 valence electrons. The van der Waals surface area contributed by atoms with Crippen molar-refractivity contribution >= 4 is 23.5 Å². The number of aryl methyl sites for hydroxylation is 1. The summed E-state index contributed by atoms with van der Waals surface area (Å²) >= 11 is 0. The van der Waals surface area contributed by atoms with E-state index in [1.165, 1.54) is 6.92 Å². The van der Waals surface area contributed by atoms with Gasteiger partial charge in [0.25, 0.3) is 0 Å². The number of hydrogen-bond acceptors (Lipinski definition) is 4. The highest BCUT2D eigenvalue weighted by atomic mass is 16.4. The van der Waals surface area contributed by atoms with E-state index in [0.29, 0.717) is 0 Å². The van der Waals surface area contributed by atoms with E-state index >= 15 is 0 Å². The summed E-state index contributed by atoms with van der Waals surface area (Å²) in [4.78, 5) is 37.4. The van der Waals surface area contributed by atoms with E-state index < -0.39 is 23.8 Å². The molecule has 6 heteroatoms. The molecule has 0 spiro atoms. The van der Waals surface area contributed by atoms with Gasteiger partial charge in [-0.25, -0.2) is 4.79 Å². The molecule has 6 nitrogen and oxygen atoms in total. The predicted octanol–water partition coefficient (Wildman–Crippen LogP) is 0.643. The van der Waals surface area contributed by atoms with Gasteiger partial charge >= 0.3 is 5.97 Å². The molecule has 1 heterocycles. The average Bonchev–Trinajstić information content (AvgIpc) is 2.38. The van der Waals surface area contributed by atoms with Crippen LogP contribution >= 0.6 is 0 Å². The van der Waals surface area contributed by atoms with Crippen molar-refractivity contribution in [2.45, 2.75) is 19.9 Å². The third-order valence-electron chi connectivity index (χ3n) is 3.33. The molecule has 1 aliphatic heterocycles.